The summed E-state index contributed by atoms with van der Waals surface area (Å²) in [4.78, 5) is 14.3. The quantitative estimate of drug-likeness (QED) is 0.787. The zero-order valence-electron chi connectivity index (χ0n) is 13.6. The van der Waals surface area contributed by atoms with Gasteiger partial charge in [0.25, 0.3) is 0 Å². The van der Waals surface area contributed by atoms with E-state index in [0.29, 0.717) is 11.9 Å². The van der Waals surface area contributed by atoms with E-state index < -0.39 is 0 Å². The van der Waals surface area contributed by atoms with E-state index in [2.05, 4.69) is 10.2 Å². The summed E-state index contributed by atoms with van der Waals surface area (Å²) in [6, 6.07) is 1.36. The number of carbonyl (C=O) groups is 1. The number of piperidine rings is 1. The highest BCUT2D eigenvalue weighted by molar-refractivity contribution is 5.81. The van der Waals surface area contributed by atoms with Gasteiger partial charge in [0, 0.05) is 30.6 Å². The van der Waals surface area contributed by atoms with Crippen LogP contribution in [0.15, 0.2) is 0 Å². The molecule has 1 aliphatic heterocycles. The summed E-state index contributed by atoms with van der Waals surface area (Å²) in [7, 11) is 0. The molecule has 0 radical (unpaired) electrons. The van der Waals surface area contributed by atoms with E-state index in [-0.39, 0.29) is 5.41 Å². The van der Waals surface area contributed by atoms with Crippen LogP contribution in [0, 0.1) is 5.41 Å². The van der Waals surface area contributed by atoms with Crippen molar-refractivity contribution in [3.8, 4) is 0 Å². The third-order valence-corrected chi connectivity index (χ3v) is 4.75. The van der Waals surface area contributed by atoms with Crippen LogP contribution >= 0.6 is 0 Å². The number of hydrogen-bond acceptors (Lipinski definition) is 2. The average Bonchev–Trinajstić information content (AvgIpc) is 2.66. The molecule has 1 N–H and O–H groups in total. The van der Waals surface area contributed by atoms with Gasteiger partial charge in [0.15, 0.2) is 0 Å². The van der Waals surface area contributed by atoms with Gasteiger partial charge in [-0.1, -0.05) is 46.5 Å². The Balaban J connectivity index is 1.75. The number of carbonyl (C=O) groups excluding carboxylic acids is 1. The van der Waals surface area contributed by atoms with Crippen molar-refractivity contribution in [1.82, 2.24) is 10.2 Å². The van der Waals surface area contributed by atoms with Crippen molar-refractivity contribution < 1.29 is 4.79 Å². The average molecular weight is 280 g/mol. The second kappa shape index (κ2) is 6.93. The summed E-state index contributed by atoms with van der Waals surface area (Å²) in [6.45, 7) is 7.92. The SMILES string of the molecule is CC(C)(C)C(=O)N1CCC(NC2CCCCCC2)CC1. The van der Waals surface area contributed by atoms with Gasteiger partial charge in [-0.05, 0) is 25.7 Å². The van der Waals surface area contributed by atoms with Crippen LogP contribution in [0.5, 0.6) is 0 Å². The second-order valence-corrected chi connectivity index (χ2v) is 7.67. The smallest absolute Gasteiger partial charge is 0.227 e. The molecule has 2 rings (SSSR count). The first kappa shape index (κ1) is 15.8. The van der Waals surface area contributed by atoms with E-state index in [1.54, 1.807) is 0 Å². The van der Waals surface area contributed by atoms with Gasteiger partial charge in [-0.25, -0.2) is 0 Å². The number of nitrogens with zero attached hydrogens (tertiary/aromatic N) is 1. The van der Waals surface area contributed by atoms with Crippen molar-refractivity contribution in [2.75, 3.05) is 13.1 Å². The van der Waals surface area contributed by atoms with Gasteiger partial charge in [0.1, 0.15) is 0 Å². The molecule has 3 nitrogen and oxygen atoms in total. The number of amides is 1. The minimum atomic E-state index is -0.235. The minimum Gasteiger partial charge on any atom is -0.342 e. The lowest BCUT2D eigenvalue weighted by Crippen LogP contribution is -2.50. The van der Waals surface area contributed by atoms with Crippen molar-refractivity contribution in [2.24, 2.45) is 5.41 Å². The second-order valence-electron chi connectivity index (χ2n) is 7.67. The molecule has 116 valence electrons. The molecule has 0 aromatic carbocycles. The van der Waals surface area contributed by atoms with E-state index in [1.807, 2.05) is 20.8 Å². The Morgan fingerprint density at radius 3 is 1.90 bits per heavy atom. The Hall–Kier alpha value is -0.570. The fourth-order valence-corrected chi connectivity index (χ4v) is 3.50. The van der Waals surface area contributed by atoms with Gasteiger partial charge >= 0.3 is 0 Å². The molecular weight excluding hydrogens is 248 g/mol. The van der Waals surface area contributed by atoms with Gasteiger partial charge in [-0.3, -0.25) is 4.79 Å². The molecule has 0 bridgehead atoms. The summed E-state index contributed by atoms with van der Waals surface area (Å²) in [5.41, 5.74) is -0.235. The lowest BCUT2D eigenvalue weighted by molar-refractivity contribution is -0.140. The predicted octanol–water partition coefficient (Wildman–Crippen LogP) is 3.34. The topological polar surface area (TPSA) is 32.3 Å². The van der Waals surface area contributed by atoms with Crippen LogP contribution in [0.4, 0.5) is 0 Å². The van der Waals surface area contributed by atoms with Gasteiger partial charge < -0.3 is 10.2 Å². The van der Waals surface area contributed by atoms with Crippen LogP contribution < -0.4 is 5.32 Å². The van der Waals surface area contributed by atoms with Gasteiger partial charge in [0.05, 0.1) is 0 Å². The lowest BCUT2D eigenvalue weighted by atomic mass is 9.92. The maximum atomic E-state index is 12.3. The third kappa shape index (κ3) is 4.47. The standard InChI is InChI=1S/C17H32N2O/c1-17(2,3)16(20)19-12-10-15(11-13-19)18-14-8-6-4-5-7-9-14/h14-15,18H,4-13H2,1-3H3. The Kier molecular flexibility index (Phi) is 5.48. The molecule has 3 heteroatoms. The molecule has 0 aromatic rings. The van der Waals surface area contributed by atoms with E-state index in [1.165, 1.54) is 38.5 Å². The van der Waals surface area contributed by atoms with Crippen LogP contribution in [-0.2, 0) is 4.79 Å². The van der Waals surface area contributed by atoms with Crippen LogP contribution in [0.3, 0.4) is 0 Å². The highest BCUT2D eigenvalue weighted by Gasteiger charge is 2.30. The zero-order chi connectivity index (χ0) is 14.6. The Labute approximate surface area is 124 Å². The highest BCUT2D eigenvalue weighted by atomic mass is 16.2. The maximum absolute atomic E-state index is 12.3. The molecule has 1 saturated carbocycles. The molecule has 0 unspecified atom stereocenters. The zero-order valence-corrected chi connectivity index (χ0v) is 13.6. The van der Waals surface area contributed by atoms with Crippen LogP contribution in [0.1, 0.15) is 72.1 Å². The molecule has 2 fully saturated rings. The summed E-state index contributed by atoms with van der Waals surface area (Å²) >= 11 is 0. The molecule has 2 aliphatic rings. The highest BCUT2D eigenvalue weighted by Crippen LogP contribution is 2.23. The molecule has 1 aliphatic carbocycles. The van der Waals surface area contributed by atoms with Crippen molar-refractivity contribution in [3.63, 3.8) is 0 Å². The normalized spacial score (nSPS) is 23.6. The number of rotatable bonds is 2. The fraction of sp³-hybridized carbons (Fsp3) is 0.941. The van der Waals surface area contributed by atoms with Gasteiger partial charge in [-0.15, -0.1) is 0 Å². The summed E-state index contributed by atoms with van der Waals surface area (Å²) < 4.78 is 0. The first-order valence-corrected chi connectivity index (χ1v) is 8.52. The number of nitrogens with one attached hydrogen (secondary N) is 1. The van der Waals surface area contributed by atoms with Gasteiger partial charge in [-0.2, -0.15) is 0 Å². The predicted molar refractivity (Wildman–Crippen MR) is 83.7 cm³/mol. The van der Waals surface area contributed by atoms with Crippen molar-refractivity contribution >= 4 is 5.91 Å². The van der Waals surface area contributed by atoms with Crippen molar-refractivity contribution in [1.29, 1.82) is 0 Å². The summed E-state index contributed by atoms with van der Waals surface area (Å²) in [5, 5.41) is 3.86. The van der Waals surface area contributed by atoms with Crippen molar-refractivity contribution in [2.45, 2.75) is 84.2 Å². The monoisotopic (exact) mass is 280 g/mol. The third-order valence-electron chi connectivity index (χ3n) is 4.75. The molecule has 0 atom stereocenters. The van der Waals surface area contributed by atoms with Crippen LogP contribution in [0.2, 0.25) is 0 Å². The minimum absolute atomic E-state index is 0.235. The van der Waals surface area contributed by atoms with E-state index in [0.717, 1.165) is 32.0 Å². The molecule has 1 saturated heterocycles. The number of hydrogen-bond donors (Lipinski definition) is 1. The molecular formula is C17H32N2O. The van der Waals surface area contributed by atoms with E-state index in [9.17, 15) is 4.79 Å². The van der Waals surface area contributed by atoms with E-state index >= 15 is 0 Å². The summed E-state index contributed by atoms with van der Waals surface area (Å²) in [5.74, 6) is 0.311. The lowest BCUT2D eigenvalue weighted by Gasteiger charge is -2.37. The fourth-order valence-electron chi connectivity index (χ4n) is 3.50. The molecule has 1 amide bonds. The Morgan fingerprint density at radius 1 is 0.900 bits per heavy atom. The van der Waals surface area contributed by atoms with Crippen LogP contribution in [-0.4, -0.2) is 36.0 Å². The Bertz CT molecular complexity index is 305. The molecule has 20 heavy (non-hydrogen) atoms. The number of likely N-dealkylation sites (tertiary alicyclic amines) is 1. The first-order valence-electron chi connectivity index (χ1n) is 8.52. The molecule has 1 heterocycles. The molecule has 0 aromatic heterocycles. The maximum Gasteiger partial charge on any atom is 0.227 e. The first-order chi connectivity index (χ1) is 9.47. The largest absolute Gasteiger partial charge is 0.342 e. The van der Waals surface area contributed by atoms with Crippen LogP contribution in [0.25, 0.3) is 0 Å². The Morgan fingerprint density at radius 2 is 1.40 bits per heavy atom. The van der Waals surface area contributed by atoms with Gasteiger partial charge in [0.2, 0.25) is 5.91 Å². The summed E-state index contributed by atoms with van der Waals surface area (Å²) in [6.07, 6.45) is 10.5. The van der Waals surface area contributed by atoms with E-state index in [4.69, 9.17) is 0 Å². The van der Waals surface area contributed by atoms with Crippen molar-refractivity contribution in [3.05, 3.63) is 0 Å². The molecule has 0 spiro atoms.